The van der Waals surface area contributed by atoms with Crippen molar-refractivity contribution in [3.8, 4) is 0 Å². The second kappa shape index (κ2) is 9.44. The van der Waals surface area contributed by atoms with Crippen molar-refractivity contribution in [2.45, 2.75) is 46.1 Å². The number of methoxy groups -OCH3 is 1. The van der Waals surface area contributed by atoms with Gasteiger partial charge in [0.25, 0.3) is 0 Å². The lowest BCUT2D eigenvalue weighted by Crippen LogP contribution is -2.23. The van der Waals surface area contributed by atoms with Crippen LogP contribution in [-0.4, -0.2) is 31.0 Å². The third-order valence-corrected chi connectivity index (χ3v) is 2.01. The quantitative estimate of drug-likeness (QED) is 0.719. The van der Waals surface area contributed by atoms with Crippen molar-refractivity contribution < 1.29 is 9.84 Å². The van der Waals surface area contributed by atoms with Crippen molar-refractivity contribution in [2.75, 3.05) is 20.3 Å². The van der Waals surface area contributed by atoms with Gasteiger partial charge in [0.05, 0.1) is 5.60 Å². The van der Waals surface area contributed by atoms with Crippen LogP contribution in [0.15, 0.2) is 0 Å². The highest BCUT2D eigenvalue weighted by Gasteiger charge is 2.13. The third-order valence-electron chi connectivity index (χ3n) is 2.01. The first kappa shape index (κ1) is 16.3. The van der Waals surface area contributed by atoms with E-state index in [0.717, 1.165) is 18.9 Å². The summed E-state index contributed by atoms with van der Waals surface area (Å²) in [4.78, 5) is 0. The fourth-order valence-electron chi connectivity index (χ4n) is 0.705. The summed E-state index contributed by atoms with van der Waals surface area (Å²) >= 11 is 0. The maximum atomic E-state index is 8.45. The van der Waals surface area contributed by atoms with Gasteiger partial charge in [-0.2, -0.15) is 0 Å². The predicted molar refractivity (Wildman–Crippen MR) is 61.3 cm³/mol. The Kier molecular flexibility index (Phi) is 11.0. The van der Waals surface area contributed by atoms with E-state index in [1.165, 1.54) is 0 Å². The molecule has 0 aliphatic carbocycles. The minimum Gasteiger partial charge on any atom is -0.396 e. The van der Waals surface area contributed by atoms with E-state index >= 15 is 0 Å². The van der Waals surface area contributed by atoms with Gasteiger partial charge < -0.3 is 15.6 Å². The predicted octanol–water partition coefficient (Wildman–Crippen LogP) is 1.78. The molecule has 0 rings (SSSR count). The summed E-state index contributed by atoms with van der Waals surface area (Å²) in [5, 5.41) is 8.45. The zero-order chi connectivity index (χ0) is 11.6. The van der Waals surface area contributed by atoms with Gasteiger partial charge in [-0.25, -0.2) is 0 Å². The molecule has 3 heteroatoms. The van der Waals surface area contributed by atoms with Gasteiger partial charge in [0.15, 0.2) is 0 Å². The van der Waals surface area contributed by atoms with E-state index < -0.39 is 0 Å². The molecule has 3 N–H and O–H groups in total. The average molecular weight is 205 g/mol. The number of hydrogen-bond acceptors (Lipinski definition) is 3. The first-order valence-corrected chi connectivity index (χ1v) is 5.25. The first-order valence-electron chi connectivity index (χ1n) is 5.25. The number of aliphatic hydroxyl groups excluding tert-OH is 1. The van der Waals surface area contributed by atoms with Crippen LogP contribution in [0.1, 0.15) is 40.5 Å². The highest BCUT2D eigenvalue weighted by molar-refractivity contribution is 4.65. The molecule has 0 heterocycles. The van der Waals surface area contributed by atoms with Crippen LogP contribution < -0.4 is 5.73 Å². The topological polar surface area (TPSA) is 55.5 Å². The molecule has 0 unspecified atom stereocenters. The van der Waals surface area contributed by atoms with E-state index in [9.17, 15) is 0 Å². The largest absolute Gasteiger partial charge is 0.396 e. The van der Waals surface area contributed by atoms with Gasteiger partial charge in [-0.15, -0.1) is 0 Å². The molecule has 0 aromatic heterocycles. The molecule has 0 amide bonds. The molecule has 0 aromatic rings. The fourth-order valence-corrected chi connectivity index (χ4v) is 0.705. The molecule has 0 atom stereocenters. The van der Waals surface area contributed by atoms with Gasteiger partial charge in [-0.3, -0.25) is 0 Å². The Morgan fingerprint density at radius 1 is 1.36 bits per heavy atom. The second-order valence-corrected chi connectivity index (χ2v) is 4.41. The number of aliphatic hydroxyl groups is 1. The minimum atomic E-state index is -0.158. The molecule has 0 saturated heterocycles. The molecule has 0 fully saturated rings. The van der Waals surface area contributed by atoms with Crippen molar-refractivity contribution in [3.63, 3.8) is 0 Å². The van der Waals surface area contributed by atoms with Gasteiger partial charge in [0.2, 0.25) is 0 Å². The Morgan fingerprint density at radius 3 is 1.93 bits per heavy atom. The average Bonchev–Trinajstić information content (AvgIpc) is 2.05. The second-order valence-electron chi connectivity index (χ2n) is 4.41. The van der Waals surface area contributed by atoms with Gasteiger partial charge in [-0.1, -0.05) is 13.8 Å². The molecular weight excluding hydrogens is 178 g/mol. The molecule has 3 nitrogen and oxygen atoms in total. The summed E-state index contributed by atoms with van der Waals surface area (Å²) in [5.74, 6) is 0.773. The molecular formula is C11H27NO2. The molecule has 88 valence electrons. The Labute approximate surface area is 88.6 Å². The van der Waals surface area contributed by atoms with E-state index in [4.69, 9.17) is 15.6 Å². The van der Waals surface area contributed by atoms with Crippen molar-refractivity contribution >= 4 is 0 Å². The van der Waals surface area contributed by atoms with Crippen LogP contribution in [0.4, 0.5) is 0 Å². The highest BCUT2D eigenvalue weighted by atomic mass is 16.5. The smallest absolute Gasteiger partial charge is 0.0644 e. The van der Waals surface area contributed by atoms with Gasteiger partial charge in [-0.05, 0) is 39.2 Å². The SMILES string of the molecule is CC(C)CCN.COC(C)(C)CCO. The van der Waals surface area contributed by atoms with Gasteiger partial charge >= 0.3 is 0 Å². The van der Waals surface area contributed by atoms with Crippen LogP contribution in [-0.2, 0) is 4.74 Å². The van der Waals surface area contributed by atoms with Crippen LogP contribution >= 0.6 is 0 Å². The molecule has 0 bridgehead atoms. The van der Waals surface area contributed by atoms with Gasteiger partial charge in [0, 0.05) is 13.7 Å². The lowest BCUT2D eigenvalue weighted by molar-refractivity contribution is 0.00293. The van der Waals surface area contributed by atoms with Crippen LogP contribution in [0.5, 0.6) is 0 Å². The van der Waals surface area contributed by atoms with Crippen molar-refractivity contribution in [3.05, 3.63) is 0 Å². The maximum absolute atomic E-state index is 8.45. The molecule has 0 radical (unpaired) electrons. The van der Waals surface area contributed by atoms with Crippen molar-refractivity contribution in [1.82, 2.24) is 0 Å². The zero-order valence-corrected chi connectivity index (χ0v) is 10.3. The summed E-state index contributed by atoms with van der Waals surface area (Å²) in [5.41, 5.74) is 5.07. The van der Waals surface area contributed by atoms with E-state index in [0.29, 0.717) is 6.42 Å². The normalized spacial score (nSPS) is 11.1. The number of rotatable bonds is 5. The number of nitrogens with two attached hydrogens (primary N) is 1. The van der Waals surface area contributed by atoms with Gasteiger partial charge in [0.1, 0.15) is 0 Å². The molecule has 0 aliphatic heterocycles. The van der Waals surface area contributed by atoms with Crippen molar-refractivity contribution in [1.29, 1.82) is 0 Å². The summed E-state index contributed by atoms with van der Waals surface area (Å²) in [6, 6.07) is 0. The first-order chi connectivity index (χ1) is 6.39. The van der Waals surface area contributed by atoms with E-state index in [1.54, 1.807) is 7.11 Å². The molecule has 0 spiro atoms. The molecule has 14 heavy (non-hydrogen) atoms. The standard InChI is InChI=1S/C6H14O2.C5H13N/c1-6(2,8-3)4-5-7;1-5(2)3-4-6/h7H,4-5H2,1-3H3;5H,3-4,6H2,1-2H3. The molecule has 0 saturated carbocycles. The fraction of sp³-hybridized carbons (Fsp3) is 1.00. The monoisotopic (exact) mass is 205 g/mol. The maximum Gasteiger partial charge on any atom is 0.0644 e. The Bertz CT molecular complexity index is 114. The van der Waals surface area contributed by atoms with Crippen LogP contribution in [0, 0.1) is 5.92 Å². The number of hydrogen-bond donors (Lipinski definition) is 2. The van der Waals surface area contributed by atoms with Crippen LogP contribution in [0.2, 0.25) is 0 Å². The Balaban J connectivity index is 0. The summed E-state index contributed by atoms with van der Waals surface area (Å²) in [6.07, 6.45) is 1.85. The van der Waals surface area contributed by atoms with E-state index in [-0.39, 0.29) is 12.2 Å². The highest BCUT2D eigenvalue weighted by Crippen LogP contribution is 2.10. The Morgan fingerprint density at radius 2 is 1.86 bits per heavy atom. The van der Waals surface area contributed by atoms with Crippen molar-refractivity contribution in [2.24, 2.45) is 11.7 Å². The summed E-state index contributed by atoms with van der Waals surface area (Å²) in [6.45, 7) is 9.27. The summed E-state index contributed by atoms with van der Waals surface area (Å²) in [7, 11) is 1.65. The zero-order valence-electron chi connectivity index (χ0n) is 10.3. The third kappa shape index (κ3) is 14.4. The van der Waals surface area contributed by atoms with E-state index in [2.05, 4.69) is 13.8 Å². The van der Waals surface area contributed by atoms with Crippen LogP contribution in [0.3, 0.4) is 0 Å². The Hall–Kier alpha value is -0.120. The minimum absolute atomic E-state index is 0.158. The van der Waals surface area contributed by atoms with Crippen LogP contribution in [0.25, 0.3) is 0 Å². The lowest BCUT2D eigenvalue weighted by atomic mass is 10.1. The molecule has 0 aromatic carbocycles. The lowest BCUT2D eigenvalue weighted by Gasteiger charge is -2.20. The van der Waals surface area contributed by atoms with E-state index in [1.807, 2.05) is 13.8 Å². The molecule has 0 aliphatic rings. The number of ether oxygens (including phenoxy) is 1. The summed E-state index contributed by atoms with van der Waals surface area (Å²) < 4.78 is 5.02.